The van der Waals surface area contributed by atoms with Gasteiger partial charge in [-0.1, -0.05) is 26.8 Å². The molecule has 1 aromatic rings. The molecule has 0 aliphatic carbocycles. The quantitative estimate of drug-likeness (QED) is 0.799. The van der Waals surface area contributed by atoms with Crippen LogP contribution in [0.2, 0.25) is 0 Å². The first-order valence-corrected chi connectivity index (χ1v) is 7.11. The largest absolute Gasteiger partial charge is 0.366 e. The highest BCUT2D eigenvalue weighted by molar-refractivity contribution is 5.93. The molecular formula is C16H27N3O. The molecule has 0 bridgehead atoms. The second kappa shape index (κ2) is 6.86. The van der Waals surface area contributed by atoms with Crippen molar-refractivity contribution in [3.8, 4) is 0 Å². The summed E-state index contributed by atoms with van der Waals surface area (Å²) in [5.41, 5.74) is 14.1. The van der Waals surface area contributed by atoms with E-state index in [1.807, 2.05) is 19.1 Å². The highest BCUT2D eigenvalue weighted by Crippen LogP contribution is 2.18. The van der Waals surface area contributed by atoms with Crippen molar-refractivity contribution in [2.24, 2.45) is 16.9 Å². The summed E-state index contributed by atoms with van der Waals surface area (Å²) < 4.78 is 0. The zero-order valence-corrected chi connectivity index (χ0v) is 13.1. The van der Waals surface area contributed by atoms with Gasteiger partial charge in [0.2, 0.25) is 5.91 Å². The molecule has 0 aromatic heterocycles. The molecule has 0 heterocycles. The van der Waals surface area contributed by atoms with E-state index in [2.05, 4.69) is 25.7 Å². The maximum atomic E-state index is 11.2. The fourth-order valence-electron chi connectivity index (χ4n) is 2.22. The Morgan fingerprint density at radius 2 is 2.00 bits per heavy atom. The molecule has 1 aromatic carbocycles. The van der Waals surface area contributed by atoms with Crippen LogP contribution in [0.5, 0.6) is 0 Å². The van der Waals surface area contributed by atoms with Crippen LogP contribution in [-0.4, -0.2) is 30.4 Å². The Bertz CT molecular complexity index is 469. The number of carbonyl (C=O) groups is 1. The summed E-state index contributed by atoms with van der Waals surface area (Å²) in [6.45, 7) is 12.0. The second-order valence-electron chi connectivity index (χ2n) is 6.18. The molecule has 0 spiro atoms. The lowest BCUT2D eigenvalue weighted by Crippen LogP contribution is -2.38. The minimum Gasteiger partial charge on any atom is -0.366 e. The van der Waals surface area contributed by atoms with Crippen molar-refractivity contribution >= 4 is 5.91 Å². The third-order valence-corrected chi connectivity index (χ3v) is 3.67. The van der Waals surface area contributed by atoms with Crippen molar-refractivity contribution in [3.05, 3.63) is 34.9 Å². The van der Waals surface area contributed by atoms with Crippen LogP contribution in [0.4, 0.5) is 0 Å². The van der Waals surface area contributed by atoms with Crippen molar-refractivity contribution in [1.29, 1.82) is 0 Å². The van der Waals surface area contributed by atoms with E-state index in [1.165, 1.54) is 5.56 Å². The summed E-state index contributed by atoms with van der Waals surface area (Å²) in [6, 6.07) is 5.65. The summed E-state index contributed by atoms with van der Waals surface area (Å²) in [7, 11) is 0. The molecular weight excluding hydrogens is 250 g/mol. The Labute approximate surface area is 122 Å². The van der Waals surface area contributed by atoms with Gasteiger partial charge in [-0.05, 0) is 48.7 Å². The standard InChI is InChI=1S/C16H27N3O/c1-5-19(11-16(3,4)10-17)9-14-7-6-13(15(18)20)8-12(14)2/h6-8H,5,9-11,17H2,1-4H3,(H2,18,20). The maximum Gasteiger partial charge on any atom is 0.248 e. The van der Waals surface area contributed by atoms with Gasteiger partial charge in [0.1, 0.15) is 0 Å². The molecule has 0 aliphatic rings. The molecule has 0 unspecified atom stereocenters. The Morgan fingerprint density at radius 1 is 1.35 bits per heavy atom. The number of rotatable bonds is 7. The van der Waals surface area contributed by atoms with Gasteiger partial charge in [0.05, 0.1) is 0 Å². The molecule has 112 valence electrons. The smallest absolute Gasteiger partial charge is 0.248 e. The predicted molar refractivity (Wildman–Crippen MR) is 83.5 cm³/mol. The second-order valence-corrected chi connectivity index (χ2v) is 6.18. The third-order valence-electron chi connectivity index (χ3n) is 3.67. The van der Waals surface area contributed by atoms with Crippen LogP contribution in [-0.2, 0) is 6.54 Å². The Balaban J connectivity index is 2.83. The fourth-order valence-corrected chi connectivity index (χ4v) is 2.22. The number of carbonyl (C=O) groups excluding carboxylic acids is 1. The molecule has 4 N–H and O–H groups in total. The Hall–Kier alpha value is -1.39. The first kappa shape index (κ1) is 16.7. The van der Waals surface area contributed by atoms with Crippen LogP contribution in [0.25, 0.3) is 0 Å². The Kier molecular flexibility index (Phi) is 5.72. The fraction of sp³-hybridized carbons (Fsp3) is 0.562. The maximum absolute atomic E-state index is 11.2. The minimum absolute atomic E-state index is 0.108. The zero-order chi connectivity index (χ0) is 15.3. The molecule has 0 saturated carbocycles. The van der Waals surface area contributed by atoms with Crippen LogP contribution in [0.15, 0.2) is 18.2 Å². The predicted octanol–water partition coefficient (Wildman–Crippen LogP) is 1.90. The van der Waals surface area contributed by atoms with E-state index in [9.17, 15) is 4.79 Å². The highest BCUT2D eigenvalue weighted by atomic mass is 16.1. The van der Waals surface area contributed by atoms with E-state index < -0.39 is 0 Å². The van der Waals surface area contributed by atoms with E-state index in [0.29, 0.717) is 12.1 Å². The number of aryl methyl sites for hydroxylation is 1. The number of benzene rings is 1. The van der Waals surface area contributed by atoms with Crippen LogP contribution < -0.4 is 11.5 Å². The van der Waals surface area contributed by atoms with E-state index in [0.717, 1.165) is 25.2 Å². The molecule has 1 amide bonds. The monoisotopic (exact) mass is 277 g/mol. The molecule has 4 heteroatoms. The van der Waals surface area contributed by atoms with Crippen molar-refractivity contribution in [2.45, 2.75) is 34.2 Å². The van der Waals surface area contributed by atoms with Crippen molar-refractivity contribution in [3.63, 3.8) is 0 Å². The topological polar surface area (TPSA) is 72.3 Å². The summed E-state index contributed by atoms with van der Waals surface area (Å²) in [5, 5.41) is 0. The first-order valence-electron chi connectivity index (χ1n) is 7.11. The molecule has 0 fully saturated rings. The lowest BCUT2D eigenvalue weighted by molar-refractivity contribution is 0.1000. The third kappa shape index (κ3) is 4.62. The zero-order valence-electron chi connectivity index (χ0n) is 13.1. The number of nitrogens with two attached hydrogens (primary N) is 2. The van der Waals surface area contributed by atoms with E-state index in [-0.39, 0.29) is 11.3 Å². The van der Waals surface area contributed by atoms with Gasteiger partial charge in [-0.3, -0.25) is 9.69 Å². The van der Waals surface area contributed by atoms with Gasteiger partial charge in [0, 0.05) is 18.7 Å². The molecule has 0 radical (unpaired) electrons. The SMILES string of the molecule is CCN(Cc1ccc(C(N)=O)cc1C)CC(C)(C)CN. The summed E-state index contributed by atoms with van der Waals surface area (Å²) in [4.78, 5) is 13.5. The van der Waals surface area contributed by atoms with Crippen LogP contribution >= 0.6 is 0 Å². The van der Waals surface area contributed by atoms with Crippen molar-refractivity contribution < 1.29 is 4.79 Å². The normalized spacial score (nSPS) is 11.9. The molecule has 0 atom stereocenters. The van der Waals surface area contributed by atoms with Gasteiger partial charge in [0.15, 0.2) is 0 Å². The average molecular weight is 277 g/mol. The number of hydrogen-bond acceptors (Lipinski definition) is 3. The Morgan fingerprint density at radius 3 is 2.45 bits per heavy atom. The summed E-state index contributed by atoms with van der Waals surface area (Å²) in [5.74, 6) is -0.378. The van der Waals surface area contributed by atoms with Crippen LogP contribution in [0.3, 0.4) is 0 Å². The summed E-state index contributed by atoms with van der Waals surface area (Å²) in [6.07, 6.45) is 0. The molecule has 0 aliphatic heterocycles. The van der Waals surface area contributed by atoms with Gasteiger partial charge in [-0.2, -0.15) is 0 Å². The first-order chi connectivity index (χ1) is 9.29. The number of primary amides is 1. The molecule has 0 saturated heterocycles. The lowest BCUT2D eigenvalue weighted by atomic mass is 9.92. The van der Waals surface area contributed by atoms with Crippen LogP contribution in [0.1, 0.15) is 42.3 Å². The van der Waals surface area contributed by atoms with E-state index >= 15 is 0 Å². The summed E-state index contributed by atoms with van der Waals surface area (Å²) >= 11 is 0. The van der Waals surface area contributed by atoms with Gasteiger partial charge >= 0.3 is 0 Å². The lowest BCUT2D eigenvalue weighted by Gasteiger charge is -2.31. The van der Waals surface area contributed by atoms with Gasteiger partial charge < -0.3 is 11.5 Å². The van der Waals surface area contributed by atoms with Crippen LogP contribution in [0, 0.1) is 12.3 Å². The molecule has 4 nitrogen and oxygen atoms in total. The molecule has 20 heavy (non-hydrogen) atoms. The average Bonchev–Trinajstić information content (AvgIpc) is 2.39. The number of nitrogens with zero attached hydrogens (tertiary/aromatic N) is 1. The highest BCUT2D eigenvalue weighted by Gasteiger charge is 2.19. The van der Waals surface area contributed by atoms with Gasteiger partial charge in [0.25, 0.3) is 0 Å². The van der Waals surface area contributed by atoms with Gasteiger partial charge in [-0.15, -0.1) is 0 Å². The van der Waals surface area contributed by atoms with Crippen molar-refractivity contribution in [2.75, 3.05) is 19.6 Å². The number of amides is 1. The number of hydrogen-bond donors (Lipinski definition) is 2. The van der Waals surface area contributed by atoms with Gasteiger partial charge in [-0.25, -0.2) is 0 Å². The minimum atomic E-state index is -0.378. The van der Waals surface area contributed by atoms with E-state index in [1.54, 1.807) is 6.07 Å². The van der Waals surface area contributed by atoms with Crippen molar-refractivity contribution in [1.82, 2.24) is 4.90 Å². The molecule has 1 rings (SSSR count). The van der Waals surface area contributed by atoms with E-state index in [4.69, 9.17) is 11.5 Å².